The molecule has 1 N–H and O–H groups in total. The van der Waals surface area contributed by atoms with Crippen molar-refractivity contribution in [3.63, 3.8) is 0 Å². The van der Waals surface area contributed by atoms with Crippen LogP contribution in [0.4, 0.5) is 13.2 Å². The Morgan fingerprint density at radius 2 is 1.60 bits per heavy atom. The van der Waals surface area contributed by atoms with E-state index in [1.165, 1.54) is 16.7 Å². The lowest BCUT2D eigenvalue weighted by molar-refractivity contribution is -0.137. The number of aromatic nitrogens is 2. The molecule has 9 heteroatoms. The summed E-state index contributed by atoms with van der Waals surface area (Å²) in [6.45, 7) is 1.32. The molecule has 0 aliphatic heterocycles. The molecule has 0 saturated heterocycles. The minimum Gasteiger partial charge on any atom is -0.350 e. The van der Waals surface area contributed by atoms with Gasteiger partial charge in [0.25, 0.3) is 5.56 Å². The number of amides is 1. The van der Waals surface area contributed by atoms with Gasteiger partial charge >= 0.3 is 11.9 Å². The van der Waals surface area contributed by atoms with Gasteiger partial charge in [-0.3, -0.25) is 18.7 Å². The number of aryl methyl sites for hydroxylation is 1. The summed E-state index contributed by atoms with van der Waals surface area (Å²) in [6, 6.07) is 18.7. The third-order valence-corrected chi connectivity index (χ3v) is 5.61. The molecule has 0 bridgehead atoms. The van der Waals surface area contributed by atoms with Gasteiger partial charge in [0, 0.05) is 6.54 Å². The van der Waals surface area contributed by atoms with E-state index in [0.29, 0.717) is 10.9 Å². The average molecular weight is 481 g/mol. The number of halogens is 3. The molecule has 0 aliphatic rings. The molecule has 0 unspecified atom stereocenters. The Bertz CT molecular complexity index is 1510. The summed E-state index contributed by atoms with van der Waals surface area (Å²) in [5, 5.41) is 2.86. The first-order valence-electron chi connectivity index (χ1n) is 10.8. The number of nitrogens with zero attached hydrogens (tertiary/aromatic N) is 2. The van der Waals surface area contributed by atoms with Crippen LogP contribution in [0.15, 0.2) is 82.4 Å². The zero-order valence-electron chi connectivity index (χ0n) is 18.8. The molecule has 4 rings (SSSR count). The highest BCUT2D eigenvalue weighted by molar-refractivity contribution is 5.82. The van der Waals surface area contributed by atoms with E-state index in [-0.39, 0.29) is 18.7 Å². The molecule has 1 aromatic heterocycles. The van der Waals surface area contributed by atoms with Crippen molar-refractivity contribution in [2.75, 3.05) is 0 Å². The Labute approximate surface area is 198 Å². The first-order chi connectivity index (χ1) is 16.6. The third kappa shape index (κ3) is 5.34. The van der Waals surface area contributed by atoms with E-state index in [1.54, 1.807) is 42.5 Å². The van der Waals surface area contributed by atoms with Gasteiger partial charge < -0.3 is 5.32 Å². The molecule has 180 valence electrons. The number of carbonyl (C=O) groups excluding carboxylic acids is 1. The molecule has 0 saturated carbocycles. The first kappa shape index (κ1) is 24.0. The zero-order chi connectivity index (χ0) is 25.2. The number of fused-ring (bicyclic) bond motifs is 1. The van der Waals surface area contributed by atoms with Crippen LogP contribution in [0.3, 0.4) is 0 Å². The van der Waals surface area contributed by atoms with Gasteiger partial charge in [0.05, 0.1) is 23.0 Å². The SMILES string of the molecule is Cc1ccc2c(c1)c(=O)n(Cc1ccccc1)c(=O)n2CC(=O)NCc1cccc(C(F)(F)F)c1. The molecular formula is C26H22F3N3O3. The van der Waals surface area contributed by atoms with Gasteiger partial charge in [0.1, 0.15) is 6.54 Å². The summed E-state index contributed by atoms with van der Waals surface area (Å²) in [6.07, 6.45) is -4.49. The largest absolute Gasteiger partial charge is 0.416 e. The van der Waals surface area contributed by atoms with Gasteiger partial charge in [-0.1, -0.05) is 54.1 Å². The summed E-state index contributed by atoms with van der Waals surface area (Å²) in [5.41, 5.74) is 0.232. The van der Waals surface area contributed by atoms with Gasteiger partial charge in [-0.05, 0) is 42.3 Å². The van der Waals surface area contributed by atoms with Crippen LogP contribution in [0.1, 0.15) is 22.3 Å². The van der Waals surface area contributed by atoms with Gasteiger partial charge in [-0.25, -0.2) is 4.79 Å². The highest BCUT2D eigenvalue weighted by atomic mass is 19.4. The number of alkyl halides is 3. The fraction of sp³-hybridized carbons (Fsp3) is 0.192. The molecule has 4 aromatic rings. The minimum atomic E-state index is -4.49. The molecule has 0 fully saturated rings. The summed E-state index contributed by atoms with van der Waals surface area (Å²) in [4.78, 5) is 39.1. The lowest BCUT2D eigenvalue weighted by Gasteiger charge is -2.15. The van der Waals surface area contributed by atoms with Crippen molar-refractivity contribution >= 4 is 16.8 Å². The second kappa shape index (κ2) is 9.61. The summed E-state index contributed by atoms with van der Waals surface area (Å²) in [5.74, 6) is -0.573. The molecule has 0 aliphatic carbocycles. The van der Waals surface area contributed by atoms with Crippen LogP contribution < -0.4 is 16.6 Å². The Morgan fingerprint density at radius 3 is 2.31 bits per heavy atom. The third-order valence-electron chi connectivity index (χ3n) is 5.61. The van der Waals surface area contributed by atoms with Gasteiger partial charge in [0.15, 0.2) is 0 Å². The van der Waals surface area contributed by atoms with E-state index >= 15 is 0 Å². The predicted octanol–water partition coefficient (Wildman–Crippen LogP) is 3.86. The monoisotopic (exact) mass is 481 g/mol. The molecule has 1 amide bonds. The summed E-state index contributed by atoms with van der Waals surface area (Å²) in [7, 11) is 0. The predicted molar refractivity (Wildman–Crippen MR) is 126 cm³/mol. The molecule has 3 aromatic carbocycles. The van der Waals surface area contributed by atoms with E-state index in [1.807, 2.05) is 13.0 Å². The fourth-order valence-corrected chi connectivity index (χ4v) is 3.85. The molecule has 35 heavy (non-hydrogen) atoms. The summed E-state index contributed by atoms with van der Waals surface area (Å²) >= 11 is 0. The van der Waals surface area contributed by atoms with E-state index < -0.39 is 35.4 Å². The maximum atomic E-state index is 13.3. The van der Waals surface area contributed by atoms with E-state index in [0.717, 1.165) is 27.8 Å². The second-order valence-corrected chi connectivity index (χ2v) is 8.24. The van der Waals surface area contributed by atoms with Gasteiger partial charge in [-0.2, -0.15) is 13.2 Å². The van der Waals surface area contributed by atoms with Crippen LogP contribution in [0.25, 0.3) is 10.9 Å². The number of nitrogens with one attached hydrogen (secondary N) is 1. The molecule has 0 atom stereocenters. The van der Waals surface area contributed by atoms with E-state index in [2.05, 4.69) is 5.32 Å². The number of rotatable bonds is 6. The lowest BCUT2D eigenvalue weighted by atomic mass is 10.1. The van der Waals surface area contributed by atoms with Crippen LogP contribution in [0.2, 0.25) is 0 Å². The van der Waals surface area contributed by atoms with Crippen molar-refractivity contribution in [1.29, 1.82) is 0 Å². The number of hydrogen-bond donors (Lipinski definition) is 1. The average Bonchev–Trinajstić information content (AvgIpc) is 2.83. The molecule has 0 radical (unpaired) electrons. The standard InChI is InChI=1S/C26H22F3N3O3/c1-17-10-11-22-21(12-17)24(34)32(15-18-6-3-2-4-7-18)25(35)31(22)16-23(33)30-14-19-8-5-9-20(13-19)26(27,28)29/h2-13H,14-16H2,1H3,(H,30,33). The van der Waals surface area contributed by atoms with Crippen molar-refractivity contribution in [1.82, 2.24) is 14.5 Å². The van der Waals surface area contributed by atoms with Crippen LogP contribution in [-0.2, 0) is 30.6 Å². The van der Waals surface area contributed by atoms with Crippen LogP contribution in [0, 0.1) is 6.92 Å². The van der Waals surface area contributed by atoms with Crippen LogP contribution >= 0.6 is 0 Å². The Morgan fingerprint density at radius 1 is 0.886 bits per heavy atom. The smallest absolute Gasteiger partial charge is 0.350 e. The first-order valence-corrected chi connectivity index (χ1v) is 10.8. The zero-order valence-corrected chi connectivity index (χ0v) is 18.8. The molecule has 1 heterocycles. The highest BCUT2D eigenvalue weighted by Crippen LogP contribution is 2.29. The quantitative estimate of drug-likeness (QED) is 0.455. The van der Waals surface area contributed by atoms with Crippen molar-refractivity contribution in [2.45, 2.75) is 32.7 Å². The van der Waals surface area contributed by atoms with Crippen molar-refractivity contribution in [2.24, 2.45) is 0 Å². The molecule has 6 nitrogen and oxygen atoms in total. The summed E-state index contributed by atoms with van der Waals surface area (Å²) < 4.78 is 41.1. The van der Waals surface area contributed by atoms with Gasteiger partial charge in [0.2, 0.25) is 5.91 Å². The number of carbonyl (C=O) groups is 1. The maximum absolute atomic E-state index is 13.3. The minimum absolute atomic E-state index is 0.0360. The number of benzene rings is 3. The van der Waals surface area contributed by atoms with Crippen LogP contribution in [0.5, 0.6) is 0 Å². The van der Waals surface area contributed by atoms with Crippen molar-refractivity contribution < 1.29 is 18.0 Å². The second-order valence-electron chi connectivity index (χ2n) is 8.24. The Balaban J connectivity index is 1.65. The molecular weight excluding hydrogens is 459 g/mol. The van der Waals surface area contributed by atoms with Gasteiger partial charge in [-0.15, -0.1) is 0 Å². The maximum Gasteiger partial charge on any atom is 0.416 e. The Kier molecular flexibility index (Phi) is 6.59. The fourth-order valence-electron chi connectivity index (χ4n) is 3.85. The normalized spacial score (nSPS) is 11.5. The molecule has 0 spiro atoms. The Hall–Kier alpha value is -4.14. The van der Waals surface area contributed by atoms with Crippen molar-refractivity contribution in [3.05, 3.63) is 116 Å². The van der Waals surface area contributed by atoms with E-state index in [9.17, 15) is 27.6 Å². The lowest BCUT2D eigenvalue weighted by Crippen LogP contribution is -2.42. The topological polar surface area (TPSA) is 73.1 Å². The van der Waals surface area contributed by atoms with Crippen molar-refractivity contribution in [3.8, 4) is 0 Å². The number of hydrogen-bond acceptors (Lipinski definition) is 3. The van der Waals surface area contributed by atoms with E-state index in [4.69, 9.17) is 0 Å². The van der Waals surface area contributed by atoms with Crippen LogP contribution in [-0.4, -0.2) is 15.0 Å². The highest BCUT2D eigenvalue weighted by Gasteiger charge is 2.30.